The lowest BCUT2D eigenvalue weighted by atomic mass is 10.0. The van der Waals surface area contributed by atoms with Crippen LogP contribution in [-0.4, -0.2) is 5.84 Å². The van der Waals surface area contributed by atoms with Crippen LogP contribution in [0.1, 0.15) is 17.5 Å². The van der Waals surface area contributed by atoms with Crippen molar-refractivity contribution in [1.82, 2.24) is 0 Å². The molecule has 0 aliphatic carbocycles. The summed E-state index contributed by atoms with van der Waals surface area (Å²) in [5, 5.41) is 3.47. The number of aryl methyl sites for hydroxylation is 1. The summed E-state index contributed by atoms with van der Waals surface area (Å²) in [6, 6.07) is 19.0. The molecule has 90 valence electrons. The Morgan fingerprint density at radius 1 is 0.889 bits per heavy atom. The van der Waals surface area contributed by atoms with Crippen molar-refractivity contribution in [2.45, 2.75) is 19.4 Å². The van der Waals surface area contributed by atoms with Crippen molar-refractivity contribution >= 4 is 11.5 Å². The molecule has 1 heterocycles. The molecule has 1 aliphatic rings. The largest absolute Gasteiger partial charge is 0.274 e. The molecular formula is C16H17N2+. The van der Waals surface area contributed by atoms with Gasteiger partial charge in [-0.2, -0.15) is 0 Å². The quantitative estimate of drug-likeness (QED) is 0.817. The number of hydrogen-bond acceptors (Lipinski definition) is 0. The van der Waals surface area contributed by atoms with Crippen LogP contribution in [0.2, 0.25) is 0 Å². The van der Waals surface area contributed by atoms with Crippen LogP contribution in [0.25, 0.3) is 0 Å². The van der Waals surface area contributed by atoms with Crippen molar-refractivity contribution in [3.63, 3.8) is 0 Å². The minimum Gasteiger partial charge on any atom is -0.274 e. The average molecular weight is 237 g/mol. The van der Waals surface area contributed by atoms with Gasteiger partial charge in [0.1, 0.15) is 12.2 Å². The molecule has 3 rings (SSSR count). The van der Waals surface area contributed by atoms with E-state index in [4.69, 9.17) is 0 Å². The zero-order chi connectivity index (χ0) is 12.2. The lowest BCUT2D eigenvalue weighted by Crippen LogP contribution is -2.73. The third-order valence-electron chi connectivity index (χ3n) is 3.30. The Bertz CT molecular complexity index is 558. The Kier molecular flexibility index (Phi) is 3.09. The summed E-state index contributed by atoms with van der Waals surface area (Å²) in [4.78, 5) is 3.48. The zero-order valence-corrected chi connectivity index (χ0v) is 10.3. The molecule has 0 unspecified atom stereocenters. The molecule has 1 aliphatic heterocycles. The molecular weight excluding hydrogens is 220 g/mol. The van der Waals surface area contributed by atoms with Crippen molar-refractivity contribution in [3.8, 4) is 0 Å². The van der Waals surface area contributed by atoms with E-state index in [0.29, 0.717) is 0 Å². The summed E-state index contributed by atoms with van der Waals surface area (Å²) in [6.45, 7) is 0.880. The van der Waals surface area contributed by atoms with E-state index in [1.54, 1.807) is 0 Å². The molecule has 18 heavy (non-hydrogen) atoms. The number of amidine groups is 1. The lowest BCUT2D eigenvalue weighted by Gasteiger charge is -2.13. The number of rotatable bonds is 2. The number of fused-ring (bicyclic) bond motifs is 1. The maximum atomic E-state index is 3.48. The van der Waals surface area contributed by atoms with E-state index < -0.39 is 0 Å². The topological polar surface area (TPSA) is 26.0 Å². The first kappa shape index (κ1) is 11.0. The number of nitrogens with one attached hydrogen (secondary N) is 2. The van der Waals surface area contributed by atoms with Crippen LogP contribution < -0.4 is 10.3 Å². The van der Waals surface area contributed by atoms with Crippen LogP contribution in [0.5, 0.6) is 0 Å². The molecule has 0 spiro atoms. The van der Waals surface area contributed by atoms with E-state index in [1.807, 2.05) is 6.07 Å². The van der Waals surface area contributed by atoms with Gasteiger partial charge in [-0.05, 0) is 23.6 Å². The van der Waals surface area contributed by atoms with Crippen molar-refractivity contribution in [1.29, 1.82) is 0 Å². The fourth-order valence-electron chi connectivity index (χ4n) is 2.28. The molecule has 2 N–H and O–H groups in total. The van der Waals surface area contributed by atoms with Gasteiger partial charge in [0.25, 0.3) is 0 Å². The molecule has 0 fully saturated rings. The summed E-state index contributed by atoms with van der Waals surface area (Å²) < 4.78 is 0. The first-order chi connectivity index (χ1) is 8.92. The standard InChI is InChI=1S/C16H16N2/c1-2-6-13(7-3-1)12-17-16-11-10-14-8-4-5-9-15(14)18-16/h1-9H,10-12H2,(H,17,18)/p+1. The van der Waals surface area contributed by atoms with E-state index in [1.165, 1.54) is 22.6 Å². The average Bonchev–Trinajstić information content (AvgIpc) is 2.46. The number of para-hydroxylation sites is 1. The second kappa shape index (κ2) is 5.05. The van der Waals surface area contributed by atoms with Crippen LogP contribution in [0, 0.1) is 0 Å². The molecule has 0 bridgehead atoms. The second-order valence-corrected chi connectivity index (χ2v) is 4.60. The minimum absolute atomic E-state index is 0.880. The van der Waals surface area contributed by atoms with Gasteiger partial charge in [-0.25, -0.2) is 5.32 Å². The predicted octanol–water partition coefficient (Wildman–Crippen LogP) is 1.72. The maximum Gasteiger partial charge on any atom is 0.248 e. The number of benzene rings is 2. The van der Waals surface area contributed by atoms with Crippen LogP contribution in [0.3, 0.4) is 0 Å². The number of anilines is 1. The minimum atomic E-state index is 0.880. The van der Waals surface area contributed by atoms with E-state index in [9.17, 15) is 0 Å². The van der Waals surface area contributed by atoms with E-state index >= 15 is 0 Å². The van der Waals surface area contributed by atoms with Gasteiger partial charge >= 0.3 is 0 Å². The summed E-state index contributed by atoms with van der Waals surface area (Å²) >= 11 is 0. The molecule has 0 saturated carbocycles. The molecule has 0 radical (unpaired) electrons. The van der Waals surface area contributed by atoms with Gasteiger partial charge in [0.15, 0.2) is 0 Å². The van der Waals surface area contributed by atoms with Crippen LogP contribution in [0.15, 0.2) is 54.6 Å². The molecule has 2 aromatic carbocycles. The summed E-state index contributed by atoms with van der Waals surface area (Å²) in [5.74, 6) is 1.22. The van der Waals surface area contributed by atoms with Crippen molar-refractivity contribution in [3.05, 3.63) is 65.7 Å². The third kappa shape index (κ3) is 2.43. The molecule has 0 amide bonds. The summed E-state index contributed by atoms with van der Waals surface area (Å²) in [5.41, 5.74) is 3.95. The highest BCUT2D eigenvalue weighted by Gasteiger charge is 2.17. The van der Waals surface area contributed by atoms with Gasteiger partial charge in [-0.15, -0.1) is 0 Å². The SMILES string of the molecule is c1ccc(C[NH+]=C2CCc3ccccc3N2)cc1. The molecule has 0 saturated heterocycles. The van der Waals surface area contributed by atoms with Crippen LogP contribution in [0.4, 0.5) is 5.69 Å². The van der Waals surface area contributed by atoms with Crippen molar-refractivity contribution < 1.29 is 4.99 Å². The normalized spacial score (nSPS) is 16.1. The number of hydrogen-bond donors (Lipinski definition) is 2. The van der Waals surface area contributed by atoms with Gasteiger partial charge in [-0.3, -0.25) is 4.99 Å². The smallest absolute Gasteiger partial charge is 0.248 e. The fourth-order valence-corrected chi connectivity index (χ4v) is 2.28. The van der Waals surface area contributed by atoms with Crippen molar-refractivity contribution in [2.24, 2.45) is 0 Å². The fraction of sp³-hybridized carbons (Fsp3) is 0.188. The Hall–Kier alpha value is -2.09. The lowest BCUT2D eigenvalue weighted by molar-refractivity contribution is -0.476. The van der Waals surface area contributed by atoms with Crippen LogP contribution in [-0.2, 0) is 13.0 Å². The van der Waals surface area contributed by atoms with Crippen LogP contribution >= 0.6 is 0 Å². The summed E-state index contributed by atoms with van der Waals surface area (Å²) in [6.07, 6.45) is 2.17. The van der Waals surface area contributed by atoms with E-state index in [0.717, 1.165) is 19.4 Å². The first-order valence-corrected chi connectivity index (χ1v) is 6.40. The Balaban J connectivity index is 1.72. The van der Waals surface area contributed by atoms with E-state index in [-0.39, 0.29) is 0 Å². The summed E-state index contributed by atoms with van der Waals surface area (Å²) in [7, 11) is 0. The second-order valence-electron chi connectivity index (χ2n) is 4.60. The van der Waals surface area contributed by atoms with Gasteiger partial charge in [0, 0.05) is 0 Å². The Labute approximate surface area is 107 Å². The van der Waals surface area contributed by atoms with Gasteiger partial charge in [0.2, 0.25) is 5.84 Å². The Morgan fingerprint density at radius 3 is 2.56 bits per heavy atom. The molecule has 0 atom stereocenters. The van der Waals surface area contributed by atoms with Gasteiger partial charge < -0.3 is 0 Å². The van der Waals surface area contributed by atoms with Gasteiger partial charge in [0.05, 0.1) is 6.42 Å². The highest BCUT2D eigenvalue weighted by Crippen LogP contribution is 2.20. The predicted molar refractivity (Wildman–Crippen MR) is 74.5 cm³/mol. The highest BCUT2D eigenvalue weighted by molar-refractivity contribution is 5.94. The first-order valence-electron chi connectivity index (χ1n) is 6.40. The molecule has 0 aromatic heterocycles. The van der Waals surface area contributed by atoms with Crippen molar-refractivity contribution in [2.75, 3.05) is 5.32 Å². The monoisotopic (exact) mass is 237 g/mol. The molecule has 2 aromatic rings. The highest BCUT2D eigenvalue weighted by atomic mass is 15.0. The maximum absolute atomic E-state index is 3.48. The zero-order valence-electron chi connectivity index (χ0n) is 10.3. The van der Waals surface area contributed by atoms with Gasteiger partial charge in [-0.1, -0.05) is 48.5 Å². The molecule has 2 nitrogen and oxygen atoms in total. The van der Waals surface area contributed by atoms with E-state index in [2.05, 4.69) is 58.8 Å². The Morgan fingerprint density at radius 2 is 1.67 bits per heavy atom. The molecule has 2 heteroatoms. The third-order valence-corrected chi connectivity index (χ3v) is 3.30.